The second kappa shape index (κ2) is 13.8. The van der Waals surface area contributed by atoms with Crippen molar-refractivity contribution in [3.63, 3.8) is 0 Å². The van der Waals surface area contributed by atoms with Crippen molar-refractivity contribution in [2.24, 2.45) is 23.3 Å². The summed E-state index contributed by atoms with van der Waals surface area (Å²) in [7, 11) is 0. The molecule has 6 nitrogen and oxygen atoms in total. The molecule has 0 amide bonds. The lowest BCUT2D eigenvalue weighted by molar-refractivity contribution is 0.111. The SMILES string of the molecule is NC(N)(C1CCCCC1)C1CCCCC1.Nc1c2ccccc2nc2ccccc12.Nc1c2ccccc2nc2ccccc12. The Labute approximate surface area is 266 Å². The molecule has 2 heterocycles. The Bertz CT molecular complexity index is 1640. The van der Waals surface area contributed by atoms with E-state index in [-0.39, 0.29) is 5.66 Å². The quantitative estimate of drug-likeness (QED) is 0.116. The zero-order chi connectivity index (χ0) is 31.2. The minimum absolute atomic E-state index is 0.360. The molecule has 2 aromatic heterocycles. The van der Waals surface area contributed by atoms with Crippen molar-refractivity contribution in [2.75, 3.05) is 11.5 Å². The van der Waals surface area contributed by atoms with Crippen molar-refractivity contribution < 1.29 is 0 Å². The molecule has 232 valence electrons. The van der Waals surface area contributed by atoms with Gasteiger partial charge in [0.15, 0.2) is 0 Å². The molecular formula is C39H46N6. The summed E-state index contributed by atoms with van der Waals surface area (Å²) in [5, 5.41) is 4.10. The van der Waals surface area contributed by atoms with Gasteiger partial charge >= 0.3 is 0 Å². The minimum atomic E-state index is -0.360. The maximum atomic E-state index is 6.44. The molecule has 0 saturated heterocycles. The van der Waals surface area contributed by atoms with Crippen molar-refractivity contribution in [1.29, 1.82) is 0 Å². The van der Waals surface area contributed by atoms with E-state index in [0.29, 0.717) is 11.8 Å². The van der Waals surface area contributed by atoms with Crippen LogP contribution >= 0.6 is 0 Å². The van der Waals surface area contributed by atoms with Crippen LogP contribution in [0.15, 0.2) is 97.1 Å². The van der Waals surface area contributed by atoms with Crippen LogP contribution in [0.3, 0.4) is 0 Å². The van der Waals surface area contributed by atoms with Crippen LogP contribution in [0.1, 0.15) is 64.2 Å². The summed E-state index contributed by atoms with van der Waals surface area (Å²) >= 11 is 0. The van der Waals surface area contributed by atoms with Gasteiger partial charge in [0, 0.05) is 21.5 Å². The first-order valence-electron chi connectivity index (χ1n) is 16.6. The number of aromatic nitrogens is 2. The number of rotatable bonds is 2. The maximum Gasteiger partial charge on any atom is 0.0730 e. The second-order valence-electron chi connectivity index (χ2n) is 12.8. The molecule has 6 heteroatoms. The van der Waals surface area contributed by atoms with Gasteiger partial charge in [0.05, 0.1) is 39.1 Å². The highest BCUT2D eigenvalue weighted by Gasteiger charge is 2.39. The highest BCUT2D eigenvalue weighted by atomic mass is 15.0. The highest BCUT2D eigenvalue weighted by Crippen LogP contribution is 2.38. The lowest BCUT2D eigenvalue weighted by Crippen LogP contribution is -2.61. The minimum Gasteiger partial charge on any atom is -0.398 e. The van der Waals surface area contributed by atoms with Gasteiger partial charge < -0.3 is 22.9 Å². The normalized spacial score (nSPS) is 16.2. The molecule has 0 atom stereocenters. The average molecular weight is 599 g/mol. The molecule has 0 spiro atoms. The number of anilines is 2. The van der Waals surface area contributed by atoms with Gasteiger partial charge in [-0.05, 0) is 61.8 Å². The van der Waals surface area contributed by atoms with E-state index in [9.17, 15) is 0 Å². The first-order chi connectivity index (χ1) is 21.9. The Balaban J connectivity index is 0.000000119. The van der Waals surface area contributed by atoms with Gasteiger partial charge in [-0.1, -0.05) is 111 Å². The van der Waals surface area contributed by atoms with Crippen LogP contribution in [0.4, 0.5) is 11.4 Å². The van der Waals surface area contributed by atoms with Gasteiger partial charge in [-0.15, -0.1) is 0 Å². The molecule has 2 saturated carbocycles. The summed E-state index contributed by atoms with van der Waals surface area (Å²) < 4.78 is 0. The number of benzene rings is 4. The third-order valence-corrected chi connectivity index (χ3v) is 9.88. The van der Waals surface area contributed by atoms with E-state index in [2.05, 4.69) is 9.97 Å². The van der Waals surface area contributed by atoms with E-state index in [4.69, 9.17) is 22.9 Å². The molecule has 8 N–H and O–H groups in total. The molecule has 0 bridgehead atoms. The lowest BCUT2D eigenvalue weighted by Gasteiger charge is -2.44. The Morgan fingerprint density at radius 2 is 0.689 bits per heavy atom. The monoisotopic (exact) mass is 598 g/mol. The van der Waals surface area contributed by atoms with Crippen LogP contribution in [-0.4, -0.2) is 15.6 Å². The fourth-order valence-corrected chi connectivity index (χ4v) is 7.28. The van der Waals surface area contributed by atoms with E-state index < -0.39 is 0 Å². The molecule has 8 rings (SSSR count). The highest BCUT2D eigenvalue weighted by molar-refractivity contribution is 6.07. The van der Waals surface area contributed by atoms with Gasteiger partial charge in [0.1, 0.15) is 0 Å². The van der Waals surface area contributed by atoms with Crippen LogP contribution < -0.4 is 22.9 Å². The third-order valence-electron chi connectivity index (χ3n) is 9.88. The number of nitrogens with zero attached hydrogens (tertiary/aromatic N) is 2. The first-order valence-corrected chi connectivity index (χ1v) is 16.6. The van der Waals surface area contributed by atoms with Crippen LogP contribution in [0.25, 0.3) is 43.6 Å². The molecule has 2 fully saturated rings. The number of hydrogen-bond acceptors (Lipinski definition) is 6. The van der Waals surface area contributed by atoms with Gasteiger partial charge in [0.25, 0.3) is 0 Å². The fraction of sp³-hybridized carbons (Fsp3) is 0.333. The third kappa shape index (κ3) is 6.73. The standard InChI is InChI=1S/2C13H10N2.C13H26N2/c2*14-13-9-5-1-3-7-11(9)15-12-8-4-2-6-10(12)13;14-13(15,11-7-3-1-4-8-11)12-9-5-2-6-10-12/h2*1-8H,(H2,14,15);11-12H,1-10,14-15H2. The van der Waals surface area contributed by atoms with Crippen molar-refractivity contribution in [3.8, 4) is 0 Å². The second-order valence-corrected chi connectivity index (χ2v) is 12.8. The summed E-state index contributed by atoms with van der Waals surface area (Å²) in [5.41, 5.74) is 30.2. The fourth-order valence-electron chi connectivity index (χ4n) is 7.28. The predicted octanol–water partition coefficient (Wildman–Crippen LogP) is 8.70. The van der Waals surface area contributed by atoms with Crippen molar-refractivity contribution in [1.82, 2.24) is 9.97 Å². The number of nitrogen functional groups attached to an aromatic ring is 2. The van der Waals surface area contributed by atoms with Crippen LogP contribution in [0.2, 0.25) is 0 Å². The zero-order valence-electron chi connectivity index (χ0n) is 26.2. The summed E-state index contributed by atoms with van der Waals surface area (Å²) in [6, 6.07) is 31.8. The predicted molar refractivity (Wildman–Crippen MR) is 192 cm³/mol. The molecule has 45 heavy (non-hydrogen) atoms. The van der Waals surface area contributed by atoms with E-state index >= 15 is 0 Å². The largest absolute Gasteiger partial charge is 0.398 e. The zero-order valence-corrected chi connectivity index (χ0v) is 26.2. The van der Waals surface area contributed by atoms with Crippen molar-refractivity contribution >= 4 is 55.0 Å². The maximum absolute atomic E-state index is 6.44. The molecule has 2 aliphatic carbocycles. The number of hydrogen-bond donors (Lipinski definition) is 4. The molecule has 0 unspecified atom stereocenters. The summed E-state index contributed by atoms with van der Waals surface area (Å²) in [6.45, 7) is 0. The Kier molecular flexibility index (Phi) is 9.43. The molecule has 6 aromatic rings. The van der Waals surface area contributed by atoms with Gasteiger partial charge in [0.2, 0.25) is 0 Å². The van der Waals surface area contributed by atoms with Crippen LogP contribution in [-0.2, 0) is 0 Å². The van der Waals surface area contributed by atoms with Crippen LogP contribution in [0, 0.1) is 11.8 Å². The van der Waals surface area contributed by atoms with E-state index in [1.54, 1.807) is 0 Å². The number of para-hydroxylation sites is 4. The van der Waals surface area contributed by atoms with Gasteiger partial charge in [-0.25, -0.2) is 9.97 Å². The molecule has 2 aliphatic rings. The van der Waals surface area contributed by atoms with Crippen molar-refractivity contribution in [2.45, 2.75) is 69.9 Å². The Morgan fingerprint density at radius 3 is 0.978 bits per heavy atom. The summed E-state index contributed by atoms with van der Waals surface area (Å²) in [5.74, 6) is 1.18. The van der Waals surface area contributed by atoms with Gasteiger partial charge in [-0.3, -0.25) is 0 Å². The smallest absolute Gasteiger partial charge is 0.0730 e. The topological polar surface area (TPSA) is 130 Å². The van der Waals surface area contributed by atoms with E-state index in [0.717, 1.165) is 55.0 Å². The first kappa shape index (κ1) is 30.8. The van der Waals surface area contributed by atoms with Gasteiger partial charge in [-0.2, -0.15) is 0 Å². The van der Waals surface area contributed by atoms with Crippen molar-refractivity contribution in [3.05, 3.63) is 97.1 Å². The number of pyridine rings is 2. The number of nitrogens with two attached hydrogens (primary N) is 4. The number of fused-ring (bicyclic) bond motifs is 4. The van der Waals surface area contributed by atoms with Crippen LogP contribution in [0.5, 0.6) is 0 Å². The molecule has 4 aromatic carbocycles. The molecule has 0 aliphatic heterocycles. The summed E-state index contributed by atoms with van der Waals surface area (Å²) in [6.07, 6.45) is 13.2. The lowest BCUT2D eigenvalue weighted by atomic mass is 9.70. The molecule has 0 radical (unpaired) electrons. The Morgan fingerprint density at radius 1 is 0.422 bits per heavy atom. The van der Waals surface area contributed by atoms with E-state index in [1.807, 2.05) is 97.1 Å². The Hall–Kier alpha value is -4.26. The van der Waals surface area contributed by atoms with E-state index in [1.165, 1.54) is 64.2 Å². The summed E-state index contributed by atoms with van der Waals surface area (Å²) in [4.78, 5) is 9.12. The average Bonchev–Trinajstić information content (AvgIpc) is 3.10. The molecular weight excluding hydrogens is 552 g/mol.